The molecule has 0 aliphatic heterocycles. The van der Waals surface area contributed by atoms with Gasteiger partial charge in [-0.15, -0.1) is 0 Å². The molecule has 1 aromatic carbocycles. The van der Waals surface area contributed by atoms with Gasteiger partial charge in [0.1, 0.15) is 5.75 Å². The smallest absolute Gasteiger partial charge is 0.202 e. The maximum Gasteiger partial charge on any atom is 0.202 e. The van der Waals surface area contributed by atoms with Gasteiger partial charge in [0.25, 0.3) is 0 Å². The average Bonchev–Trinajstić information content (AvgIpc) is 2.72. The second-order valence-corrected chi connectivity index (χ2v) is 6.83. The third kappa shape index (κ3) is 3.41. The molecule has 2 aromatic rings. The van der Waals surface area contributed by atoms with E-state index in [0.717, 1.165) is 22.7 Å². The fourth-order valence-electron chi connectivity index (χ4n) is 2.42. The Balaban J connectivity index is 2.03. The van der Waals surface area contributed by atoms with Crippen LogP contribution in [0.1, 0.15) is 48.1 Å². The molecule has 0 spiro atoms. The third-order valence-corrected chi connectivity index (χ3v) is 4.17. The van der Waals surface area contributed by atoms with Crippen LogP contribution in [0.5, 0.6) is 5.75 Å². The van der Waals surface area contributed by atoms with Gasteiger partial charge >= 0.3 is 0 Å². The molecule has 0 aliphatic carbocycles. The summed E-state index contributed by atoms with van der Waals surface area (Å²) in [6, 6.07) is 9.88. The topological polar surface area (TPSA) is 31.2 Å². The Kier molecular flexibility index (Phi) is 4.45. The van der Waals surface area contributed by atoms with Crippen molar-refractivity contribution in [3.05, 3.63) is 52.8 Å². The van der Waals surface area contributed by atoms with Crippen LogP contribution in [0, 0.1) is 13.8 Å². The summed E-state index contributed by atoms with van der Waals surface area (Å²) in [6.07, 6.45) is 0. The van der Waals surface area contributed by atoms with Crippen LogP contribution in [-0.4, -0.2) is 17.0 Å². The van der Waals surface area contributed by atoms with Crippen LogP contribution in [-0.2, 0) is 12.5 Å². The van der Waals surface area contributed by atoms with Crippen LogP contribution >= 0.6 is 0 Å². The zero-order valence-electron chi connectivity index (χ0n) is 14.4. The van der Waals surface area contributed by atoms with Crippen molar-refractivity contribution in [2.75, 3.05) is 6.61 Å². The Morgan fingerprint density at radius 2 is 1.73 bits per heavy atom. The van der Waals surface area contributed by atoms with Crippen LogP contribution in [0.4, 0.5) is 0 Å². The molecular weight excluding hydrogens is 274 g/mol. The maximum atomic E-state index is 12.3. The Bertz CT molecular complexity index is 673. The highest BCUT2D eigenvalue weighted by Crippen LogP contribution is 2.24. The van der Waals surface area contributed by atoms with Crippen molar-refractivity contribution in [3.8, 4) is 5.75 Å². The lowest BCUT2D eigenvalue weighted by Crippen LogP contribution is -2.13. The number of carbonyl (C=O) groups excluding carboxylic acids is 1. The molecule has 1 aromatic heterocycles. The monoisotopic (exact) mass is 299 g/mol. The first-order chi connectivity index (χ1) is 10.2. The van der Waals surface area contributed by atoms with E-state index < -0.39 is 0 Å². The van der Waals surface area contributed by atoms with Gasteiger partial charge < -0.3 is 9.30 Å². The number of nitrogens with zero attached hydrogens (tertiary/aromatic N) is 1. The first-order valence-corrected chi connectivity index (χ1v) is 7.59. The molecule has 0 amide bonds. The van der Waals surface area contributed by atoms with E-state index in [0.29, 0.717) is 0 Å². The Hall–Kier alpha value is -2.03. The van der Waals surface area contributed by atoms with E-state index in [1.807, 2.05) is 43.7 Å². The van der Waals surface area contributed by atoms with E-state index in [2.05, 4.69) is 32.9 Å². The van der Waals surface area contributed by atoms with Gasteiger partial charge in [-0.2, -0.15) is 0 Å². The number of ether oxygens (including phenoxy) is 1. The van der Waals surface area contributed by atoms with E-state index in [9.17, 15) is 4.79 Å². The minimum absolute atomic E-state index is 0.0149. The predicted octanol–water partition coefficient (Wildman–Crippen LogP) is 4.20. The number of hydrogen-bond acceptors (Lipinski definition) is 2. The zero-order chi connectivity index (χ0) is 16.5. The fraction of sp³-hybridized carbons (Fsp3) is 0.421. The van der Waals surface area contributed by atoms with Crippen LogP contribution in [0.3, 0.4) is 0 Å². The molecule has 1 heterocycles. The Labute approximate surface area is 132 Å². The Morgan fingerprint density at radius 1 is 1.14 bits per heavy atom. The van der Waals surface area contributed by atoms with Crippen molar-refractivity contribution in [1.29, 1.82) is 0 Å². The highest BCUT2D eigenvalue weighted by Gasteiger charge is 2.15. The summed E-state index contributed by atoms with van der Waals surface area (Å²) in [7, 11) is 1.97. The zero-order valence-corrected chi connectivity index (χ0v) is 14.4. The highest BCUT2D eigenvalue weighted by molar-refractivity contribution is 5.98. The standard InChI is InChI=1S/C19H25NO2/c1-13-11-17(14(2)20(13)6)18(21)12-22-16-9-7-15(8-10-16)19(3,4)5/h7-11H,12H2,1-6H3. The van der Waals surface area contributed by atoms with E-state index in [4.69, 9.17) is 4.74 Å². The van der Waals surface area contributed by atoms with E-state index in [1.165, 1.54) is 5.56 Å². The predicted molar refractivity (Wildman–Crippen MR) is 89.9 cm³/mol. The molecule has 0 bridgehead atoms. The van der Waals surface area contributed by atoms with Crippen LogP contribution in [0.2, 0.25) is 0 Å². The molecule has 22 heavy (non-hydrogen) atoms. The summed E-state index contributed by atoms with van der Waals surface area (Å²) in [6.45, 7) is 10.5. The average molecular weight is 299 g/mol. The van der Waals surface area contributed by atoms with Crippen molar-refractivity contribution >= 4 is 5.78 Å². The lowest BCUT2D eigenvalue weighted by molar-refractivity contribution is 0.0921. The number of carbonyl (C=O) groups is 1. The molecule has 0 radical (unpaired) electrons. The van der Waals surface area contributed by atoms with Gasteiger partial charge in [-0.3, -0.25) is 4.79 Å². The summed E-state index contributed by atoms with van der Waals surface area (Å²) >= 11 is 0. The molecule has 0 fully saturated rings. The second-order valence-electron chi connectivity index (χ2n) is 6.83. The van der Waals surface area contributed by atoms with Gasteiger partial charge in [0.2, 0.25) is 5.78 Å². The number of hydrogen-bond donors (Lipinski definition) is 0. The molecule has 0 N–H and O–H groups in total. The highest BCUT2D eigenvalue weighted by atomic mass is 16.5. The van der Waals surface area contributed by atoms with Gasteiger partial charge in [-0.1, -0.05) is 32.9 Å². The minimum Gasteiger partial charge on any atom is -0.485 e. The number of aromatic nitrogens is 1. The largest absolute Gasteiger partial charge is 0.485 e. The van der Waals surface area contributed by atoms with Crippen LogP contribution in [0.25, 0.3) is 0 Å². The number of benzene rings is 1. The molecule has 0 saturated heterocycles. The van der Waals surface area contributed by atoms with Crippen LogP contribution in [0.15, 0.2) is 30.3 Å². The first-order valence-electron chi connectivity index (χ1n) is 7.59. The summed E-state index contributed by atoms with van der Waals surface area (Å²) in [5.74, 6) is 0.743. The maximum absolute atomic E-state index is 12.3. The molecule has 118 valence electrons. The summed E-state index contributed by atoms with van der Waals surface area (Å²) < 4.78 is 7.65. The molecule has 3 nitrogen and oxygen atoms in total. The fourth-order valence-corrected chi connectivity index (χ4v) is 2.42. The second kappa shape index (κ2) is 5.99. The lowest BCUT2D eigenvalue weighted by atomic mass is 9.87. The molecular formula is C19H25NO2. The quantitative estimate of drug-likeness (QED) is 0.792. The van der Waals surface area contributed by atoms with Gasteiger partial charge in [-0.05, 0) is 43.0 Å². The van der Waals surface area contributed by atoms with Gasteiger partial charge in [0.15, 0.2) is 6.61 Å². The molecule has 0 saturated carbocycles. The van der Waals surface area contributed by atoms with Crippen molar-refractivity contribution in [3.63, 3.8) is 0 Å². The SMILES string of the molecule is Cc1cc(C(=O)COc2ccc(C(C)(C)C)cc2)c(C)n1C. The molecule has 0 aliphatic rings. The number of aryl methyl sites for hydroxylation is 1. The van der Waals surface area contributed by atoms with Crippen molar-refractivity contribution in [2.24, 2.45) is 7.05 Å². The Morgan fingerprint density at radius 3 is 2.18 bits per heavy atom. The van der Waals surface area contributed by atoms with Crippen molar-refractivity contribution in [2.45, 2.75) is 40.0 Å². The number of rotatable bonds is 4. The lowest BCUT2D eigenvalue weighted by Gasteiger charge is -2.19. The summed E-state index contributed by atoms with van der Waals surface area (Å²) in [4.78, 5) is 12.3. The molecule has 3 heteroatoms. The third-order valence-electron chi connectivity index (χ3n) is 4.17. The van der Waals surface area contributed by atoms with Crippen LogP contribution < -0.4 is 4.74 Å². The number of Topliss-reactive ketones (excluding diaryl/α,β-unsaturated/α-hetero) is 1. The normalized spacial score (nSPS) is 11.5. The summed E-state index contributed by atoms with van der Waals surface area (Å²) in [5, 5.41) is 0. The first kappa shape index (κ1) is 16.3. The minimum atomic E-state index is 0.0149. The number of ketones is 1. The van der Waals surface area contributed by atoms with E-state index in [-0.39, 0.29) is 17.8 Å². The summed E-state index contributed by atoms with van der Waals surface area (Å²) in [5.41, 5.74) is 4.17. The molecule has 0 atom stereocenters. The van der Waals surface area contributed by atoms with Crippen molar-refractivity contribution in [1.82, 2.24) is 4.57 Å². The van der Waals surface area contributed by atoms with Crippen molar-refractivity contribution < 1.29 is 9.53 Å². The molecule has 2 rings (SSSR count). The van der Waals surface area contributed by atoms with Gasteiger partial charge in [-0.25, -0.2) is 0 Å². The van der Waals surface area contributed by atoms with Gasteiger partial charge in [0.05, 0.1) is 0 Å². The van der Waals surface area contributed by atoms with Gasteiger partial charge in [0, 0.05) is 24.0 Å². The van der Waals surface area contributed by atoms with E-state index >= 15 is 0 Å². The molecule has 0 unspecified atom stereocenters. The van der Waals surface area contributed by atoms with E-state index in [1.54, 1.807) is 0 Å².